The highest BCUT2D eigenvalue weighted by molar-refractivity contribution is 5.33. The van der Waals surface area contributed by atoms with Crippen LogP contribution >= 0.6 is 0 Å². The molecule has 1 aromatic carbocycles. The van der Waals surface area contributed by atoms with Crippen molar-refractivity contribution in [1.29, 1.82) is 5.26 Å². The number of rotatable bonds is 2. The predicted molar refractivity (Wildman–Crippen MR) is 40.8 cm³/mol. The highest BCUT2D eigenvalue weighted by Gasteiger charge is 2.08. The van der Waals surface area contributed by atoms with Gasteiger partial charge in [0.15, 0.2) is 0 Å². The summed E-state index contributed by atoms with van der Waals surface area (Å²) in [5, 5.41) is 16.8. The van der Waals surface area contributed by atoms with Crippen molar-refractivity contribution in [2.75, 3.05) is 0 Å². The molecular weight excluding hydrogens is 156 g/mol. The molecule has 0 saturated heterocycles. The van der Waals surface area contributed by atoms with Gasteiger partial charge < -0.3 is 0 Å². The number of hydrogen-bond donors (Lipinski definition) is 1. The highest BCUT2D eigenvalue weighted by Crippen LogP contribution is 2.10. The fraction of sp³-hybridized carbons (Fsp3) is 0.125. The molecule has 1 aromatic rings. The van der Waals surface area contributed by atoms with Crippen molar-refractivity contribution in [3.8, 4) is 6.07 Å². The van der Waals surface area contributed by atoms with Crippen molar-refractivity contribution < 1.29 is 10.1 Å². The van der Waals surface area contributed by atoms with E-state index in [1.54, 1.807) is 12.1 Å². The molecule has 0 radical (unpaired) electrons. The molecule has 0 aliphatic heterocycles. The fourth-order valence-electron chi connectivity index (χ4n) is 0.833. The SMILES string of the molecule is N#CCc1ccc([N+](=O)O)cc1. The van der Waals surface area contributed by atoms with Crippen LogP contribution in [0.25, 0.3) is 0 Å². The first-order valence-corrected chi connectivity index (χ1v) is 3.36. The molecule has 0 unspecified atom stereocenters. The van der Waals surface area contributed by atoms with Gasteiger partial charge in [-0.1, -0.05) is 12.1 Å². The average molecular weight is 163 g/mol. The Hall–Kier alpha value is -1.89. The van der Waals surface area contributed by atoms with E-state index in [4.69, 9.17) is 10.5 Å². The van der Waals surface area contributed by atoms with Crippen LogP contribution in [0.15, 0.2) is 24.3 Å². The molecule has 0 saturated carbocycles. The zero-order valence-corrected chi connectivity index (χ0v) is 6.27. The third-order valence-electron chi connectivity index (χ3n) is 1.44. The Morgan fingerprint density at radius 3 is 2.42 bits per heavy atom. The average Bonchev–Trinajstić information content (AvgIpc) is 2.06. The monoisotopic (exact) mass is 163 g/mol. The molecule has 4 heteroatoms. The van der Waals surface area contributed by atoms with Crippen molar-refractivity contribution in [3.05, 3.63) is 34.7 Å². The Labute approximate surface area is 69.2 Å². The third kappa shape index (κ3) is 1.80. The first-order valence-electron chi connectivity index (χ1n) is 3.36. The lowest BCUT2D eigenvalue weighted by molar-refractivity contribution is -0.729. The molecule has 0 aromatic heterocycles. The van der Waals surface area contributed by atoms with Crippen LogP contribution in [0.5, 0.6) is 0 Å². The van der Waals surface area contributed by atoms with Gasteiger partial charge in [-0.25, -0.2) is 5.21 Å². The van der Waals surface area contributed by atoms with Gasteiger partial charge in [-0.3, -0.25) is 0 Å². The summed E-state index contributed by atoms with van der Waals surface area (Å²) in [6.45, 7) is 0. The molecule has 1 N–H and O–H groups in total. The minimum atomic E-state index is -0.212. The lowest BCUT2D eigenvalue weighted by atomic mass is 10.1. The zero-order chi connectivity index (χ0) is 8.97. The van der Waals surface area contributed by atoms with Crippen LogP contribution in [-0.2, 0) is 6.42 Å². The normalized spacial score (nSPS) is 8.92. The van der Waals surface area contributed by atoms with E-state index >= 15 is 0 Å². The van der Waals surface area contributed by atoms with Crippen LogP contribution in [0.2, 0.25) is 0 Å². The molecule has 0 atom stereocenters. The first-order chi connectivity index (χ1) is 5.74. The Balaban J connectivity index is 2.87. The van der Waals surface area contributed by atoms with E-state index in [0.29, 0.717) is 6.42 Å². The smallest absolute Gasteiger partial charge is 0.241 e. The summed E-state index contributed by atoms with van der Waals surface area (Å²) in [5.41, 5.74) is 0.986. The van der Waals surface area contributed by atoms with E-state index in [2.05, 4.69) is 0 Å². The summed E-state index contributed by atoms with van der Waals surface area (Å²) in [5.74, 6) is 0. The molecule has 0 heterocycles. The molecule has 60 valence electrons. The number of nitrogens with zero attached hydrogens (tertiary/aromatic N) is 2. The molecular formula is C8H7N2O2+. The van der Waals surface area contributed by atoms with Crippen molar-refractivity contribution in [2.24, 2.45) is 0 Å². The maximum atomic E-state index is 10.3. The van der Waals surface area contributed by atoms with E-state index in [0.717, 1.165) is 5.56 Å². The van der Waals surface area contributed by atoms with Crippen LogP contribution in [0.3, 0.4) is 0 Å². The molecule has 4 nitrogen and oxygen atoms in total. The van der Waals surface area contributed by atoms with Gasteiger partial charge in [-0.15, -0.1) is 0 Å². The fourth-order valence-corrected chi connectivity index (χ4v) is 0.833. The largest absolute Gasteiger partial charge is 0.316 e. The molecule has 0 bridgehead atoms. The lowest BCUT2D eigenvalue weighted by Crippen LogP contribution is -1.91. The van der Waals surface area contributed by atoms with Crippen molar-refractivity contribution in [1.82, 2.24) is 0 Å². The zero-order valence-electron chi connectivity index (χ0n) is 6.27. The number of nitriles is 1. The Kier molecular flexibility index (Phi) is 2.38. The van der Waals surface area contributed by atoms with Gasteiger partial charge in [0.05, 0.1) is 17.4 Å². The van der Waals surface area contributed by atoms with Crippen LogP contribution in [0, 0.1) is 16.2 Å². The number of benzene rings is 1. The quantitative estimate of drug-likeness (QED) is 0.672. The molecule has 0 aliphatic rings. The van der Waals surface area contributed by atoms with Gasteiger partial charge in [-0.05, 0) is 5.56 Å². The molecule has 0 spiro atoms. The summed E-state index contributed by atoms with van der Waals surface area (Å²) in [6, 6.07) is 8.14. The molecule has 0 amide bonds. The molecule has 12 heavy (non-hydrogen) atoms. The lowest BCUT2D eigenvalue weighted by Gasteiger charge is -1.89. The van der Waals surface area contributed by atoms with E-state index in [1.807, 2.05) is 6.07 Å². The molecule has 1 rings (SSSR count). The summed E-state index contributed by atoms with van der Waals surface area (Å²) < 4.78 is 0. The first kappa shape index (κ1) is 8.21. The minimum absolute atomic E-state index is 0.164. The van der Waals surface area contributed by atoms with Gasteiger partial charge in [-0.2, -0.15) is 5.26 Å². The second-order valence-electron chi connectivity index (χ2n) is 2.27. The second-order valence-corrected chi connectivity index (χ2v) is 2.27. The summed E-state index contributed by atoms with van der Waals surface area (Å²) in [4.78, 5) is 10.1. The third-order valence-corrected chi connectivity index (χ3v) is 1.44. The Bertz CT molecular complexity index is 324. The van der Waals surface area contributed by atoms with Crippen molar-refractivity contribution in [2.45, 2.75) is 6.42 Å². The summed E-state index contributed by atoms with van der Waals surface area (Å²) in [6.07, 6.45) is 0.310. The maximum absolute atomic E-state index is 10.3. The van der Waals surface area contributed by atoms with Crippen LogP contribution < -0.4 is 0 Å². The van der Waals surface area contributed by atoms with Gasteiger partial charge in [0.1, 0.15) is 0 Å². The second kappa shape index (κ2) is 3.49. The van der Waals surface area contributed by atoms with Crippen LogP contribution in [0.4, 0.5) is 5.69 Å². The summed E-state index contributed by atoms with van der Waals surface area (Å²) >= 11 is 0. The standard InChI is InChI=1S/C8H7N2O2/c9-6-5-7-1-3-8(4-2-7)10(11)12/h1-4H,5H2,(H,11,12)/q+1. The van der Waals surface area contributed by atoms with Crippen molar-refractivity contribution >= 4 is 5.69 Å². The topological polar surface area (TPSA) is 64.1 Å². The van der Waals surface area contributed by atoms with Gasteiger partial charge in [0.25, 0.3) is 4.92 Å². The van der Waals surface area contributed by atoms with Gasteiger partial charge >= 0.3 is 5.69 Å². The van der Waals surface area contributed by atoms with E-state index in [-0.39, 0.29) is 10.6 Å². The molecule has 0 aliphatic carbocycles. The highest BCUT2D eigenvalue weighted by atomic mass is 16.6. The summed E-state index contributed by atoms with van der Waals surface area (Å²) in [7, 11) is 0. The Morgan fingerprint density at radius 1 is 1.42 bits per heavy atom. The Morgan fingerprint density at radius 2 is 2.00 bits per heavy atom. The van der Waals surface area contributed by atoms with E-state index in [9.17, 15) is 4.91 Å². The van der Waals surface area contributed by atoms with E-state index < -0.39 is 0 Å². The maximum Gasteiger partial charge on any atom is 0.316 e. The molecule has 0 fully saturated rings. The van der Waals surface area contributed by atoms with E-state index in [1.165, 1.54) is 12.1 Å². The van der Waals surface area contributed by atoms with Crippen molar-refractivity contribution in [3.63, 3.8) is 0 Å². The number of hydrogen-bond acceptors (Lipinski definition) is 2. The van der Waals surface area contributed by atoms with Gasteiger partial charge in [0, 0.05) is 12.1 Å². The van der Waals surface area contributed by atoms with Crippen LogP contribution in [0.1, 0.15) is 5.56 Å². The van der Waals surface area contributed by atoms with Gasteiger partial charge in [0.2, 0.25) is 0 Å². The predicted octanol–water partition coefficient (Wildman–Crippen LogP) is 1.55. The minimum Gasteiger partial charge on any atom is -0.241 e. The van der Waals surface area contributed by atoms with Crippen LogP contribution in [-0.4, -0.2) is 10.1 Å².